The largest absolute Gasteiger partial charge is 0.433 e. The second kappa shape index (κ2) is 7.98. The molecular weight excluding hydrogens is 355 g/mol. The Balaban J connectivity index is 1.96. The van der Waals surface area contributed by atoms with Crippen LogP contribution in [0, 0.1) is 12.3 Å². The van der Waals surface area contributed by atoms with Crippen LogP contribution < -0.4 is 10.6 Å². The highest BCUT2D eigenvalue weighted by molar-refractivity contribution is 5.92. The Morgan fingerprint density at radius 3 is 2.33 bits per heavy atom. The van der Waals surface area contributed by atoms with Crippen LogP contribution in [0.3, 0.4) is 0 Å². The molecule has 0 spiro atoms. The van der Waals surface area contributed by atoms with Gasteiger partial charge in [0, 0.05) is 30.5 Å². The molecule has 1 aromatic carbocycles. The van der Waals surface area contributed by atoms with E-state index in [1.165, 1.54) is 12.3 Å². The van der Waals surface area contributed by atoms with Gasteiger partial charge in [-0.15, -0.1) is 0 Å². The average Bonchev–Trinajstić information content (AvgIpc) is 2.53. The molecular formula is C20H24F3N3O. The van der Waals surface area contributed by atoms with Crippen LogP contribution in [-0.4, -0.2) is 10.9 Å². The molecule has 0 fully saturated rings. The summed E-state index contributed by atoms with van der Waals surface area (Å²) in [6.45, 7) is 8.24. The molecule has 4 nitrogen and oxygen atoms in total. The lowest BCUT2D eigenvalue weighted by molar-refractivity contribution is -0.141. The highest BCUT2D eigenvalue weighted by atomic mass is 19.4. The third-order valence-corrected chi connectivity index (χ3v) is 3.80. The maximum atomic E-state index is 12.5. The summed E-state index contributed by atoms with van der Waals surface area (Å²) in [7, 11) is 0. The van der Waals surface area contributed by atoms with Gasteiger partial charge < -0.3 is 10.6 Å². The minimum Gasteiger partial charge on any atom is -0.381 e. The number of anilines is 2. The SMILES string of the molecule is Cc1cc(NCc2ccc(C(F)(F)F)nc2)ccc1NC(=O)CC(C)(C)C. The lowest BCUT2D eigenvalue weighted by atomic mass is 9.92. The summed E-state index contributed by atoms with van der Waals surface area (Å²) in [5.41, 5.74) is 2.09. The van der Waals surface area contributed by atoms with E-state index in [0.29, 0.717) is 18.5 Å². The van der Waals surface area contributed by atoms with Crippen LogP contribution in [0.5, 0.6) is 0 Å². The molecule has 0 atom stereocenters. The highest BCUT2D eigenvalue weighted by Crippen LogP contribution is 2.27. The first-order chi connectivity index (χ1) is 12.4. The fraction of sp³-hybridized carbons (Fsp3) is 0.400. The van der Waals surface area contributed by atoms with Crippen LogP contribution in [-0.2, 0) is 17.5 Å². The first kappa shape index (κ1) is 20.7. The maximum Gasteiger partial charge on any atom is 0.433 e. The number of alkyl halides is 3. The van der Waals surface area contributed by atoms with E-state index in [1.54, 1.807) is 0 Å². The smallest absolute Gasteiger partial charge is 0.381 e. The van der Waals surface area contributed by atoms with Gasteiger partial charge in [-0.3, -0.25) is 9.78 Å². The van der Waals surface area contributed by atoms with Gasteiger partial charge in [0.2, 0.25) is 5.91 Å². The second-order valence-electron chi connectivity index (χ2n) is 7.72. The fourth-order valence-electron chi connectivity index (χ4n) is 2.49. The summed E-state index contributed by atoms with van der Waals surface area (Å²) < 4.78 is 37.6. The molecule has 146 valence electrons. The lowest BCUT2D eigenvalue weighted by Crippen LogP contribution is -2.20. The number of carbonyl (C=O) groups is 1. The van der Waals surface area contributed by atoms with E-state index in [9.17, 15) is 18.0 Å². The Kier molecular flexibility index (Phi) is 6.13. The predicted molar refractivity (Wildman–Crippen MR) is 100 cm³/mol. The molecule has 2 aromatic rings. The molecule has 27 heavy (non-hydrogen) atoms. The zero-order chi connectivity index (χ0) is 20.2. The summed E-state index contributed by atoms with van der Waals surface area (Å²) in [6, 6.07) is 7.87. The van der Waals surface area contributed by atoms with Crippen molar-refractivity contribution in [1.29, 1.82) is 0 Å². The molecule has 0 aliphatic heterocycles. The van der Waals surface area contributed by atoms with E-state index in [2.05, 4.69) is 15.6 Å². The molecule has 0 saturated heterocycles. The van der Waals surface area contributed by atoms with E-state index in [-0.39, 0.29) is 11.3 Å². The Hall–Kier alpha value is -2.57. The number of nitrogens with one attached hydrogen (secondary N) is 2. The molecule has 0 aliphatic rings. The van der Waals surface area contributed by atoms with E-state index < -0.39 is 11.9 Å². The van der Waals surface area contributed by atoms with Crippen LogP contribution in [0.25, 0.3) is 0 Å². The Morgan fingerprint density at radius 2 is 1.81 bits per heavy atom. The topological polar surface area (TPSA) is 54.0 Å². The van der Waals surface area contributed by atoms with E-state index in [1.807, 2.05) is 45.9 Å². The monoisotopic (exact) mass is 379 g/mol. The van der Waals surface area contributed by atoms with Gasteiger partial charge in [0.25, 0.3) is 0 Å². The first-order valence-corrected chi connectivity index (χ1v) is 8.60. The molecule has 1 amide bonds. The Morgan fingerprint density at radius 1 is 1.11 bits per heavy atom. The molecule has 0 saturated carbocycles. The van der Waals surface area contributed by atoms with Crippen LogP contribution in [0.4, 0.5) is 24.5 Å². The van der Waals surface area contributed by atoms with Crippen LogP contribution >= 0.6 is 0 Å². The number of carbonyl (C=O) groups excluding carboxylic acids is 1. The number of hydrogen-bond donors (Lipinski definition) is 2. The number of hydrogen-bond acceptors (Lipinski definition) is 3. The molecule has 2 N–H and O–H groups in total. The van der Waals surface area contributed by atoms with Crippen LogP contribution in [0.2, 0.25) is 0 Å². The summed E-state index contributed by atoms with van der Waals surface area (Å²) in [5.74, 6) is -0.0397. The summed E-state index contributed by atoms with van der Waals surface area (Å²) in [6.07, 6.45) is -2.80. The second-order valence-corrected chi connectivity index (χ2v) is 7.72. The predicted octanol–water partition coefficient (Wildman–Crippen LogP) is 5.40. The molecule has 2 rings (SSSR count). The number of amides is 1. The van der Waals surface area contributed by atoms with Crippen molar-refractivity contribution in [1.82, 2.24) is 4.98 Å². The number of aryl methyl sites for hydroxylation is 1. The molecule has 0 radical (unpaired) electrons. The van der Waals surface area contributed by atoms with E-state index in [4.69, 9.17) is 0 Å². The van der Waals surface area contributed by atoms with Gasteiger partial charge in [-0.25, -0.2) is 0 Å². The minimum atomic E-state index is -4.43. The number of benzene rings is 1. The van der Waals surface area contributed by atoms with Crippen molar-refractivity contribution < 1.29 is 18.0 Å². The fourth-order valence-corrected chi connectivity index (χ4v) is 2.49. The minimum absolute atomic E-state index is 0.0397. The number of pyridine rings is 1. The van der Waals surface area contributed by atoms with Gasteiger partial charge in [-0.1, -0.05) is 26.8 Å². The first-order valence-electron chi connectivity index (χ1n) is 8.60. The number of rotatable bonds is 5. The summed E-state index contributed by atoms with van der Waals surface area (Å²) >= 11 is 0. The zero-order valence-electron chi connectivity index (χ0n) is 15.9. The molecule has 0 unspecified atom stereocenters. The van der Waals surface area contributed by atoms with E-state index in [0.717, 1.165) is 23.0 Å². The van der Waals surface area contributed by atoms with Gasteiger partial charge in [0.1, 0.15) is 5.69 Å². The maximum absolute atomic E-state index is 12.5. The van der Waals surface area contributed by atoms with Gasteiger partial charge in [-0.2, -0.15) is 13.2 Å². The van der Waals surface area contributed by atoms with Crippen LogP contribution in [0.15, 0.2) is 36.5 Å². The van der Waals surface area contributed by atoms with Crippen molar-refractivity contribution in [2.75, 3.05) is 10.6 Å². The van der Waals surface area contributed by atoms with Crippen LogP contribution in [0.1, 0.15) is 44.0 Å². The van der Waals surface area contributed by atoms with Crippen molar-refractivity contribution in [3.8, 4) is 0 Å². The highest BCUT2D eigenvalue weighted by Gasteiger charge is 2.31. The third kappa shape index (κ3) is 6.58. The summed E-state index contributed by atoms with van der Waals surface area (Å²) in [4.78, 5) is 15.5. The van der Waals surface area contributed by atoms with Crippen molar-refractivity contribution in [2.24, 2.45) is 5.41 Å². The zero-order valence-corrected chi connectivity index (χ0v) is 15.9. The lowest BCUT2D eigenvalue weighted by Gasteiger charge is -2.18. The number of nitrogens with zero attached hydrogens (tertiary/aromatic N) is 1. The normalized spacial score (nSPS) is 12.0. The van der Waals surface area contributed by atoms with Crippen molar-refractivity contribution >= 4 is 17.3 Å². The third-order valence-electron chi connectivity index (χ3n) is 3.80. The molecule has 1 aromatic heterocycles. The van der Waals surface area contributed by atoms with Crippen molar-refractivity contribution in [2.45, 2.75) is 46.8 Å². The van der Waals surface area contributed by atoms with Gasteiger partial charge >= 0.3 is 6.18 Å². The number of halogens is 3. The average molecular weight is 379 g/mol. The molecule has 7 heteroatoms. The Bertz CT molecular complexity index is 794. The molecule has 1 heterocycles. The van der Waals surface area contributed by atoms with Crippen molar-refractivity contribution in [3.05, 3.63) is 53.3 Å². The Labute approximate surface area is 157 Å². The quantitative estimate of drug-likeness (QED) is 0.732. The van der Waals surface area contributed by atoms with E-state index >= 15 is 0 Å². The standard InChI is InChI=1S/C20H24F3N3O/c1-13-9-15(6-7-16(13)26-18(27)10-19(2,3)4)24-11-14-5-8-17(25-12-14)20(21,22)23/h5-9,12,24H,10-11H2,1-4H3,(H,26,27). The van der Waals surface area contributed by atoms with Crippen molar-refractivity contribution in [3.63, 3.8) is 0 Å². The van der Waals surface area contributed by atoms with Gasteiger partial charge in [0.05, 0.1) is 0 Å². The summed E-state index contributed by atoms with van der Waals surface area (Å²) in [5, 5.41) is 6.05. The molecule has 0 bridgehead atoms. The van der Waals surface area contributed by atoms with Gasteiger partial charge in [0.15, 0.2) is 0 Å². The number of aromatic nitrogens is 1. The molecule has 0 aliphatic carbocycles. The van der Waals surface area contributed by atoms with Gasteiger partial charge in [-0.05, 0) is 47.7 Å².